The molecule has 162 valence electrons. The molecule has 1 aliphatic heterocycles. The molecule has 1 amide bonds. The molecule has 0 saturated carbocycles. The van der Waals surface area contributed by atoms with Gasteiger partial charge in [0.25, 0.3) is 5.91 Å². The molecule has 0 aromatic heterocycles. The summed E-state index contributed by atoms with van der Waals surface area (Å²) >= 11 is 6.35. The normalized spacial score (nSPS) is 15.7. The number of rotatable bonds is 9. The van der Waals surface area contributed by atoms with Crippen LogP contribution in [0.4, 0.5) is 5.69 Å². The van der Waals surface area contributed by atoms with E-state index >= 15 is 0 Å². The minimum absolute atomic E-state index is 0.0906. The van der Waals surface area contributed by atoms with E-state index in [9.17, 15) is 4.79 Å². The van der Waals surface area contributed by atoms with Crippen molar-refractivity contribution in [1.29, 1.82) is 0 Å². The van der Waals surface area contributed by atoms with E-state index in [-0.39, 0.29) is 12.0 Å². The molecule has 1 aliphatic rings. The second kappa shape index (κ2) is 10.5. The number of anilines is 1. The quantitative estimate of drug-likeness (QED) is 0.584. The Hall–Kier alpha value is -2.44. The second-order valence-electron chi connectivity index (χ2n) is 7.24. The molecule has 1 N–H and O–H groups in total. The fourth-order valence-corrected chi connectivity index (χ4v) is 3.47. The minimum atomic E-state index is -0.317. The number of carbonyl (C=O) groups is 1. The van der Waals surface area contributed by atoms with Gasteiger partial charge in [-0.15, -0.1) is 0 Å². The van der Waals surface area contributed by atoms with Crippen molar-refractivity contribution >= 4 is 23.2 Å². The third-order valence-corrected chi connectivity index (χ3v) is 5.06. The van der Waals surface area contributed by atoms with Crippen molar-refractivity contribution in [3.05, 3.63) is 46.5 Å². The molecule has 0 spiro atoms. The van der Waals surface area contributed by atoms with E-state index in [0.29, 0.717) is 46.7 Å². The zero-order valence-electron chi connectivity index (χ0n) is 17.6. The molecule has 0 aliphatic carbocycles. The molecule has 2 aromatic rings. The summed E-state index contributed by atoms with van der Waals surface area (Å²) in [5.74, 6) is 1.15. The summed E-state index contributed by atoms with van der Waals surface area (Å²) in [5.41, 5.74) is 1.99. The smallest absolute Gasteiger partial charge is 0.255 e. The standard InChI is InChI=1S/C23H28ClNO5/c1-4-9-29-22-18(24)12-16(13-21(22)27-3)23(26)25-19-8-7-15(2)11-20(19)30-14-17-6-5-10-28-17/h7-8,11-13,17H,4-6,9-10,14H2,1-3H3,(H,25,26). The molecule has 30 heavy (non-hydrogen) atoms. The van der Waals surface area contributed by atoms with Crippen LogP contribution in [0.1, 0.15) is 42.1 Å². The molecule has 1 unspecified atom stereocenters. The van der Waals surface area contributed by atoms with Crippen molar-refractivity contribution in [2.45, 2.75) is 39.2 Å². The van der Waals surface area contributed by atoms with Crippen LogP contribution in [0, 0.1) is 6.92 Å². The Bertz CT molecular complexity index is 880. The Labute approximate surface area is 182 Å². The van der Waals surface area contributed by atoms with Gasteiger partial charge in [-0.3, -0.25) is 4.79 Å². The third kappa shape index (κ3) is 5.58. The van der Waals surface area contributed by atoms with Crippen LogP contribution in [0.25, 0.3) is 0 Å². The van der Waals surface area contributed by atoms with E-state index in [2.05, 4.69) is 5.32 Å². The fraction of sp³-hybridized carbons (Fsp3) is 0.435. The molecular formula is C23H28ClNO5. The number of nitrogens with one attached hydrogen (secondary N) is 1. The van der Waals surface area contributed by atoms with E-state index in [4.69, 9.17) is 30.5 Å². The van der Waals surface area contributed by atoms with Gasteiger partial charge in [-0.25, -0.2) is 0 Å². The molecular weight excluding hydrogens is 406 g/mol. The number of methoxy groups -OCH3 is 1. The molecule has 1 fully saturated rings. The first kappa shape index (κ1) is 22.2. The number of ether oxygens (including phenoxy) is 4. The largest absolute Gasteiger partial charge is 0.493 e. The van der Waals surface area contributed by atoms with E-state index in [0.717, 1.165) is 31.4 Å². The zero-order valence-corrected chi connectivity index (χ0v) is 18.4. The van der Waals surface area contributed by atoms with Crippen LogP contribution < -0.4 is 19.5 Å². The lowest BCUT2D eigenvalue weighted by atomic mass is 10.1. The molecule has 7 heteroatoms. The van der Waals surface area contributed by atoms with Gasteiger partial charge < -0.3 is 24.3 Å². The Balaban J connectivity index is 1.77. The van der Waals surface area contributed by atoms with Crippen LogP contribution in [0.3, 0.4) is 0 Å². The van der Waals surface area contributed by atoms with Gasteiger partial charge >= 0.3 is 0 Å². The fourth-order valence-electron chi connectivity index (χ4n) is 3.20. The summed E-state index contributed by atoms with van der Waals surface area (Å²) < 4.78 is 22.6. The van der Waals surface area contributed by atoms with Crippen molar-refractivity contribution in [2.24, 2.45) is 0 Å². The Morgan fingerprint density at radius 1 is 1.23 bits per heavy atom. The van der Waals surface area contributed by atoms with Gasteiger partial charge in [0.2, 0.25) is 0 Å². The van der Waals surface area contributed by atoms with E-state index in [1.807, 2.05) is 32.0 Å². The first-order chi connectivity index (χ1) is 14.5. The van der Waals surface area contributed by atoms with Gasteiger partial charge in [-0.05, 0) is 56.0 Å². The maximum Gasteiger partial charge on any atom is 0.255 e. The van der Waals surface area contributed by atoms with Crippen LogP contribution >= 0.6 is 11.6 Å². The van der Waals surface area contributed by atoms with Gasteiger partial charge in [0.15, 0.2) is 11.5 Å². The predicted octanol–water partition coefficient (Wildman–Crippen LogP) is 5.26. The Morgan fingerprint density at radius 2 is 2.07 bits per heavy atom. The van der Waals surface area contributed by atoms with Gasteiger partial charge in [-0.1, -0.05) is 24.6 Å². The minimum Gasteiger partial charge on any atom is -0.493 e. The summed E-state index contributed by atoms with van der Waals surface area (Å²) in [6, 6.07) is 8.85. The van der Waals surface area contributed by atoms with Gasteiger partial charge in [0.05, 0.1) is 30.5 Å². The highest BCUT2D eigenvalue weighted by Gasteiger charge is 2.19. The van der Waals surface area contributed by atoms with Crippen molar-refractivity contribution in [3.8, 4) is 17.2 Å². The number of halogens is 1. The van der Waals surface area contributed by atoms with Gasteiger partial charge in [-0.2, -0.15) is 0 Å². The van der Waals surface area contributed by atoms with Crippen molar-refractivity contribution in [3.63, 3.8) is 0 Å². The number of hydrogen-bond acceptors (Lipinski definition) is 5. The van der Waals surface area contributed by atoms with E-state index in [1.54, 1.807) is 12.1 Å². The summed E-state index contributed by atoms with van der Waals surface area (Å²) in [6.45, 7) is 5.71. The topological polar surface area (TPSA) is 66.0 Å². The lowest BCUT2D eigenvalue weighted by molar-refractivity contribution is 0.0681. The maximum atomic E-state index is 12.9. The van der Waals surface area contributed by atoms with Gasteiger partial charge in [0.1, 0.15) is 12.4 Å². The summed E-state index contributed by atoms with van der Waals surface area (Å²) in [4.78, 5) is 12.9. The molecule has 0 bridgehead atoms. The van der Waals surface area contributed by atoms with Crippen molar-refractivity contribution in [1.82, 2.24) is 0 Å². The molecule has 3 rings (SSSR count). The number of carbonyl (C=O) groups excluding carboxylic acids is 1. The first-order valence-electron chi connectivity index (χ1n) is 10.2. The average Bonchev–Trinajstić information content (AvgIpc) is 3.26. The lowest BCUT2D eigenvalue weighted by Crippen LogP contribution is -2.18. The zero-order chi connectivity index (χ0) is 21.5. The summed E-state index contributed by atoms with van der Waals surface area (Å²) in [5, 5.41) is 3.24. The van der Waals surface area contributed by atoms with Gasteiger partial charge in [0, 0.05) is 12.2 Å². The number of amides is 1. The molecule has 1 atom stereocenters. The predicted molar refractivity (Wildman–Crippen MR) is 117 cm³/mol. The molecule has 2 aromatic carbocycles. The van der Waals surface area contributed by atoms with Crippen molar-refractivity contribution in [2.75, 3.05) is 32.2 Å². The summed E-state index contributed by atoms with van der Waals surface area (Å²) in [7, 11) is 1.52. The van der Waals surface area contributed by atoms with Crippen LogP contribution in [-0.2, 0) is 4.74 Å². The molecule has 6 nitrogen and oxygen atoms in total. The van der Waals surface area contributed by atoms with E-state index in [1.165, 1.54) is 7.11 Å². The first-order valence-corrected chi connectivity index (χ1v) is 10.6. The molecule has 1 heterocycles. The monoisotopic (exact) mass is 433 g/mol. The van der Waals surface area contributed by atoms with E-state index < -0.39 is 0 Å². The van der Waals surface area contributed by atoms with Crippen molar-refractivity contribution < 1.29 is 23.7 Å². The van der Waals surface area contributed by atoms with Crippen LogP contribution in [-0.4, -0.2) is 38.9 Å². The summed E-state index contributed by atoms with van der Waals surface area (Å²) in [6.07, 6.45) is 2.96. The highest BCUT2D eigenvalue weighted by molar-refractivity contribution is 6.32. The Kier molecular flexibility index (Phi) is 7.82. The van der Waals surface area contributed by atoms with Crippen LogP contribution in [0.2, 0.25) is 5.02 Å². The molecule has 0 radical (unpaired) electrons. The second-order valence-corrected chi connectivity index (χ2v) is 7.64. The number of benzene rings is 2. The third-order valence-electron chi connectivity index (χ3n) is 4.78. The highest BCUT2D eigenvalue weighted by atomic mass is 35.5. The molecule has 1 saturated heterocycles. The maximum absolute atomic E-state index is 12.9. The average molecular weight is 434 g/mol. The number of hydrogen-bond donors (Lipinski definition) is 1. The van der Waals surface area contributed by atoms with Crippen LogP contribution in [0.15, 0.2) is 30.3 Å². The Morgan fingerprint density at radius 3 is 2.77 bits per heavy atom. The SMILES string of the molecule is CCCOc1c(Cl)cc(C(=O)Nc2ccc(C)cc2OCC2CCCO2)cc1OC. The highest BCUT2D eigenvalue weighted by Crippen LogP contribution is 2.37. The number of aryl methyl sites for hydroxylation is 1. The van der Waals surface area contributed by atoms with Crippen LogP contribution in [0.5, 0.6) is 17.2 Å². The lowest BCUT2D eigenvalue weighted by Gasteiger charge is -2.17.